The molecule has 2 aliphatic heterocycles. The fourth-order valence-electron chi connectivity index (χ4n) is 4.53. The van der Waals surface area contributed by atoms with Gasteiger partial charge in [-0.3, -0.25) is 9.78 Å². The quantitative estimate of drug-likeness (QED) is 0.395. The van der Waals surface area contributed by atoms with Crippen LogP contribution in [-0.4, -0.2) is 46.7 Å². The summed E-state index contributed by atoms with van der Waals surface area (Å²) in [5.41, 5.74) is 3.18. The number of nitrogens with one attached hydrogen (secondary N) is 2. The Labute approximate surface area is 218 Å². The van der Waals surface area contributed by atoms with Gasteiger partial charge in [0, 0.05) is 23.5 Å². The number of hydrogen-bond donors (Lipinski definition) is 2. The third kappa shape index (κ3) is 4.13. The Morgan fingerprint density at radius 1 is 1.08 bits per heavy atom. The number of anilines is 2. The molecule has 2 aromatic carbocycles. The first-order valence-electron chi connectivity index (χ1n) is 11.8. The van der Waals surface area contributed by atoms with Crippen molar-refractivity contribution >= 4 is 17.5 Å². The zero-order chi connectivity index (χ0) is 26.2. The molecule has 1 amide bonds. The van der Waals surface area contributed by atoms with Crippen LogP contribution in [0, 0.1) is 0 Å². The minimum absolute atomic E-state index is 0.143. The predicted molar refractivity (Wildman–Crippen MR) is 138 cm³/mol. The van der Waals surface area contributed by atoms with Crippen LogP contribution in [0.15, 0.2) is 72.2 Å². The molecule has 4 aromatic rings. The number of aromatic nitrogens is 4. The molecule has 2 aliphatic rings. The molecule has 0 spiro atoms. The molecule has 0 saturated carbocycles. The smallest absolute Gasteiger partial charge is 0.255 e. The Bertz CT molecular complexity index is 1540. The van der Waals surface area contributed by atoms with Gasteiger partial charge < -0.3 is 29.6 Å². The first-order valence-corrected chi connectivity index (χ1v) is 11.8. The number of rotatable bonds is 6. The van der Waals surface area contributed by atoms with Crippen molar-refractivity contribution in [2.75, 3.05) is 31.6 Å². The number of fused-ring (bicyclic) bond motifs is 2. The third-order valence-electron chi connectivity index (χ3n) is 6.34. The predicted octanol–water partition coefficient (Wildman–Crippen LogP) is 4.01. The summed E-state index contributed by atoms with van der Waals surface area (Å²) in [6.07, 6.45) is 3.24. The lowest BCUT2D eigenvalue weighted by atomic mass is 9.94. The SMILES string of the molecule is COc1cc(OC)cc(-c2nc3n(n2)C(c2ccc4c(c2)OCO4)C(C(=O)Nc2cccnc2)=C(C)N3)c1. The lowest BCUT2D eigenvalue weighted by molar-refractivity contribution is -0.113. The third-order valence-corrected chi connectivity index (χ3v) is 6.34. The van der Waals surface area contributed by atoms with Crippen LogP contribution in [-0.2, 0) is 4.79 Å². The molecule has 6 rings (SSSR count). The number of pyridine rings is 1. The van der Waals surface area contributed by atoms with Gasteiger partial charge >= 0.3 is 0 Å². The van der Waals surface area contributed by atoms with Gasteiger partial charge in [-0.25, -0.2) is 4.68 Å². The number of allylic oxidation sites excluding steroid dienone is 1. The summed E-state index contributed by atoms with van der Waals surface area (Å²) >= 11 is 0. The first kappa shape index (κ1) is 23.3. The molecule has 11 nitrogen and oxygen atoms in total. The Morgan fingerprint density at radius 3 is 2.61 bits per heavy atom. The Hall–Kier alpha value is -5.06. The zero-order valence-electron chi connectivity index (χ0n) is 20.9. The van der Waals surface area contributed by atoms with E-state index in [9.17, 15) is 4.79 Å². The first-order chi connectivity index (χ1) is 18.5. The molecule has 1 unspecified atom stereocenters. The van der Waals surface area contributed by atoms with Gasteiger partial charge in [0.2, 0.25) is 12.7 Å². The Kier molecular flexibility index (Phi) is 5.79. The van der Waals surface area contributed by atoms with Crippen molar-refractivity contribution in [1.82, 2.24) is 19.7 Å². The maximum atomic E-state index is 13.7. The van der Waals surface area contributed by atoms with Crippen LogP contribution in [0.25, 0.3) is 11.4 Å². The number of benzene rings is 2. The number of nitrogens with zero attached hydrogens (tertiary/aromatic N) is 4. The van der Waals surface area contributed by atoms with Crippen LogP contribution in [0.5, 0.6) is 23.0 Å². The second kappa shape index (κ2) is 9.43. The molecule has 1 atom stereocenters. The van der Waals surface area contributed by atoms with Crippen molar-refractivity contribution in [3.05, 3.63) is 77.8 Å². The Morgan fingerprint density at radius 2 is 1.87 bits per heavy atom. The fraction of sp³-hybridized carbons (Fsp3) is 0.185. The molecule has 0 radical (unpaired) electrons. The monoisotopic (exact) mass is 512 g/mol. The van der Waals surface area contributed by atoms with E-state index in [4.69, 9.17) is 29.0 Å². The molecule has 11 heteroatoms. The molecule has 0 aliphatic carbocycles. The molecule has 38 heavy (non-hydrogen) atoms. The van der Waals surface area contributed by atoms with Crippen LogP contribution < -0.4 is 29.6 Å². The summed E-state index contributed by atoms with van der Waals surface area (Å²) in [6, 6.07) is 14.0. The highest BCUT2D eigenvalue weighted by Crippen LogP contribution is 2.41. The van der Waals surface area contributed by atoms with E-state index in [0.717, 1.165) is 5.56 Å². The highest BCUT2D eigenvalue weighted by molar-refractivity contribution is 6.06. The summed E-state index contributed by atoms with van der Waals surface area (Å²) in [4.78, 5) is 22.5. The van der Waals surface area contributed by atoms with Crippen LogP contribution >= 0.6 is 0 Å². The van der Waals surface area contributed by atoms with Crippen LogP contribution in [0.3, 0.4) is 0 Å². The molecular weight excluding hydrogens is 488 g/mol. The molecule has 0 fully saturated rings. The number of carbonyl (C=O) groups is 1. The number of methoxy groups -OCH3 is 2. The van der Waals surface area contributed by atoms with Gasteiger partial charge in [-0.15, -0.1) is 5.10 Å². The summed E-state index contributed by atoms with van der Waals surface area (Å²) in [7, 11) is 3.17. The van der Waals surface area contributed by atoms with Gasteiger partial charge in [0.05, 0.1) is 31.7 Å². The largest absolute Gasteiger partial charge is 0.497 e. The maximum Gasteiger partial charge on any atom is 0.255 e. The highest BCUT2D eigenvalue weighted by atomic mass is 16.7. The van der Waals surface area contributed by atoms with Crippen LogP contribution in [0.4, 0.5) is 11.6 Å². The average molecular weight is 513 g/mol. The number of carbonyl (C=O) groups excluding carboxylic acids is 1. The Balaban J connectivity index is 1.46. The summed E-state index contributed by atoms with van der Waals surface area (Å²) < 4.78 is 23.7. The number of ether oxygens (including phenoxy) is 4. The van der Waals surface area contributed by atoms with E-state index < -0.39 is 6.04 Å². The van der Waals surface area contributed by atoms with E-state index in [-0.39, 0.29) is 12.7 Å². The van der Waals surface area contributed by atoms with Gasteiger partial charge in [0.15, 0.2) is 17.3 Å². The van der Waals surface area contributed by atoms with E-state index in [1.54, 1.807) is 49.5 Å². The number of amides is 1. The van der Waals surface area contributed by atoms with Crippen molar-refractivity contribution in [3.63, 3.8) is 0 Å². The summed E-state index contributed by atoms with van der Waals surface area (Å²) in [5.74, 6) is 3.10. The molecule has 4 heterocycles. The normalized spacial score (nSPS) is 15.5. The number of hydrogen-bond acceptors (Lipinski definition) is 9. The van der Waals surface area contributed by atoms with Gasteiger partial charge in [0.25, 0.3) is 5.91 Å². The van der Waals surface area contributed by atoms with Crippen LogP contribution in [0.1, 0.15) is 18.5 Å². The summed E-state index contributed by atoms with van der Waals surface area (Å²) in [5, 5.41) is 11.0. The molecule has 0 saturated heterocycles. The average Bonchev–Trinajstić information content (AvgIpc) is 3.59. The van der Waals surface area contributed by atoms with Crippen molar-refractivity contribution in [2.24, 2.45) is 0 Å². The lowest BCUT2D eigenvalue weighted by Gasteiger charge is -2.28. The maximum absolute atomic E-state index is 13.7. The molecule has 2 N–H and O–H groups in total. The second-order valence-electron chi connectivity index (χ2n) is 8.68. The zero-order valence-corrected chi connectivity index (χ0v) is 20.9. The van der Waals surface area contributed by atoms with E-state index in [2.05, 4.69) is 15.6 Å². The minimum Gasteiger partial charge on any atom is -0.497 e. The molecule has 192 valence electrons. The van der Waals surface area contributed by atoms with E-state index in [0.29, 0.717) is 57.3 Å². The van der Waals surface area contributed by atoms with Gasteiger partial charge in [-0.1, -0.05) is 6.07 Å². The van der Waals surface area contributed by atoms with Gasteiger partial charge in [-0.05, 0) is 48.9 Å². The van der Waals surface area contributed by atoms with Crippen molar-refractivity contribution in [2.45, 2.75) is 13.0 Å². The van der Waals surface area contributed by atoms with E-state index in [1.807, 2.05) is 37.3 Å². The molecule has 0 bridgehead atoms. The van der Waals surface area contributed by atoms with Gasteiger partial charge in [0.1, 0.15) is 17.5 Å². The fourth-order valence-corrected chi connectivity index (χ4v) is 4.53. The molecular formula is C27H24N6O5. The minimum atomic E-state index is -0.605. The highest BCUT2D eigenvalue weighted by Gasteiger charge is 2.35. The molecule has 2 aromatic heterocycles. The van der Waals surface area contributed by atoms with Crippen LogP contribution in [0.2, 0.25) is 0 Å². The van der Waals surface area contributed by atoms with Crippen molar-refractivity contribution in [1.29, 1.82) is 0 Å². The van der Waals surface area contributed by atoms with Gasteiger partial charge in [-0.2, -0.15) is 4.98 Å². The second-order valence-corrected chi connectivity index (χ2v) is 8.68. The van der Waals surface area contributed by atoms with Crippen molar-refractivity contribution < 1.29 is 23.7 Å². The summed E-state index contributed by atoms with van der Waals surface area (Å²) in [6.45, 7) is 1.98. The van der Waals surface area contributed by atoms with Crippen molar-refractivity contribution in [3.8, 4) is 34.4 Å². The van der Waals surface area contributed by atoms with E-state index in [1.165, 1.54) is 0 Å². The standard InChI is InChI=1S/C27H24N6O5/c1-15-23(26(34)30-18-5-4-8-28-13-18)24(16-6-7-21-22(11-16)38-14-37-21)33-27(29-15)31-25(32-33)17-9-19(35-2)12-20(10-17)36-3/h4-13,24H,14H2,1-3H3,(H,30,34)(H,29,31,32). The topological polar surface area (TPSA) is 122 Å². The van der Waals surface area contributed by atoms with E-state index >= 15 is 0 Å². The lowest BCUT2D eigenvalue weighted by Crippen LogP contribution is -2.31.